The summed E-state index contributed by atoms with van der Waals surface area (Å²) in [5.41, 5.74) is 0. The Morgan fingerprint density at radius 1 is 0.673 bits per heavy atom. The number of nitrogens with one attached hydrogen (secondary N) is 1. The van der Waals surface area contributed by atoms with E-state index in [9.17, 15) is 30.3 Å². The van der Waals surface area contributed by atoms with E-state index in [0.717, 1.165) is 77.0 Å². The maximum absolute atomic E-state index is 12.8. The van der Waals surface area contributed by atoms with E-state index in [1.165, 1.54) is 44.9 Å². The average Bonchev–Trinajstić information content (AvgIpc) is 3.10. The van der Waals surface area contributed by atoms with Gasteiger partial charge < -0.3 is 40.3 Å². The topological polar surface area (TPSA) is 149 Å². The summed E-state index contributed by atoms with van der Waals surface area (Å²) in [6.07, 6.45) is 30.2. The van der Waals surface area contributed by atoms with Gasteiger partial charge in [-0.3, -0.25) is 4.79 Å². The van der Waals surface area contributed by atoms with Crippen LogP contribution in [0.4, 0.5) is 0 Å². The van der Waals surface area contributed by atoms with Gasteiger partial charge in [0, 0.05) is 6.42 Å². The molecule has 0 saturated carbocycles. The van der Waals surface area contributed by atoms with Crippen molar-refractivity contribution in [3.8, 4) is 0 Å². The monoisotopic (exact) mass is 694 g/mol. The predicted molar refractivity (Wildman–Crippen MR) is 198 cm³/mol. The number of aliphatic hydroxyl groups excluding tert-OH is 5. The maximum atomic E-state index is 12.8. The lowest BCUT2D eigenvalue weighted by Gasteiger charge is -2.40. The molecule has 1 rings (SSSR count). The van der Waals surface area contributed by atoms with Crippen LogP contribution in [0.1, 0.15) is 142 Å². The van der Waals surface area contributed by atoms with Crippen molar-refractivity contribution in [2.45, 2.75) is 185 Å². The number of rotatable bonds is 30. The van der Waals surface area contributed by atoms with Gasteiger partial charge in [0.05, 0.1) is 25.4 Å². The molecule has 0 spiro atoms. The Balaban J connectivity index is 2.50. The van der Waals surface area contributed by atoms with Crippen molar-refractivity contribution in [2.75, 3.05) is 13.2 Å². The van der Waals surface area contributed by atoms with Crippen LogP contribution in [0, 0.1) is 0 Å². The largest absolute Gasteiger partial charge is 0.394 e. The van der Waals surface area contributed by atoms with Gasteiger partial charge in [-0.2, -0.15) is 0 Å². The Morgan fingerprint density at radius 2 is 1.20 bits per heavy atom. The summed E-state index contributed by atoms with van der Waals surface area (Å²) in [5, 5.41) is 53.8. The summed E-state index contributed by atoms with van der Waals surface area (Å²) < 4.78 is 11.1. The first-order chi connectivity index (χ1) is 23.8. The normalized spacial score (nSPS) is 23.0. The lowest BCUT2D eigenvalue weighted by atomic mass is 9.99. The van der Waals surface area contributed by atoms with E-state index < -0.39 is 49.5 Å². The minimum atomic E-state index is -1.57. The molecule has 1 fully saturated rings. The Labute approximate surface area is 297 Å². The summed E-state index contributed by atoms with van der Waals surface area (Å²) in [4.78, 5) is 12.8. The van der Waals surface area contributed by atoms with Crippen LogP contribution < -0.4 is 5.32 Å². The zero-order valence-electron chi connectivity index (χ0n) is 30.7. The van der Waals surface area contributed by atoms with Crippen molar-refractivity contribution >= 4 is 5.91 Å². The number of ether oxygens (including phenoxy) is 2. The van der Waals surface area contributed by atoms with Crippen LogP contribution in [0.5, 0.6) is 0 Å². The molecule has 0 aromatic rings. The first-order valence-corrected chi connectivity index (χ1v) is 19.4. The Kier molecular flexibility index (Phi) is 28.5. The highest BCUT2D eigenvalue weighted by molar-refractivity contribution is 5.76. The number of hydrogen-bond donors (Lipinski definition) is 6. The lowest BCUT2D eigenvalue weighted by molar-refractivity contribution is -0.302. The zero-order valence-corrected chi connectivity index (χ0v) is 30.7. The highest BCUT2D eigenvalue weighted by atomic mass is 16.7. The molecule has 1 heterocycles. The van der Waals surface area contributed by atoms with Crippen LogP contribution in [-0.2, 0) is 14.3 Å². The maximum Gasteiger partial charge on any atom is 0.220 e. The second kappa shape index (κ2) is 30.9. The molecule has 0 aromatic heterocycles. The molecule has 7 atom stereocenters. The van der Waals surface area contributed by atoms with Gasteiger partial charge in [-0.1, -0.05) is 120 Å². The molecule has 0 bridgehead atoms. The van der Waals surface area contributed by atoms with E-state index >= 15 is 0 Å². The molecule has 0 radical (unpaired) electrons. The fraction of sp³-hybridized carbons (Fsp3) is 0.775. The van der Waals surface area contributed by atoms with Gasteiger partial charge in [-0.05, 0) is 64.2 Å². The summed E-state index contributed by atoms with van der Waals surface area (Å²) in [6.45, 7) is 3.63. The van der Waals surface area contributed by atoms with Crippen molar-refractivity contribution in [1.29, 1.82) is 0 Å². The van der Waals surface area contributed by atoms with Crippen LogP contribution in [0.15, 0.2) is 48.6 Å². The Morgan fingerprint density at radius 3 is 1.80 bits per heavy atom. The van der Waals surface area contributed by atoms with Crippen LogP contribution in [0.25, 0.3) is 0 Å². The van der Waals surface area contributed by atoms with Crippen molar-refractivity contribution in [1.82, 2.24) is 5.32 Å². The fourth-order valence-corrected chi connectivity index (χ4v) is 5.66. The van der Waals surface area contributed by atoms with E-state index in [2.05, 4.69) is 55.6 Å². The van der Waals surface area contributed by atoms with E-state index in [4.69, 9.17) is 9.47 Å². The molecule has 0 aliphatic carbocycles. The van der Waals surface area contributed by atoms with Crippen LogP contribution in [0.3, 0.4) is 0 Å². The highest BCUT2D eigenvalue weighted by Gasteiger charge is 2.44. The molecule has 0 aromatic carbocycles. The minimum absolute atomic E-state index is 0.207. The quantitative estimate of drug-likeness (QED) is 0.0359. The number of hydrogen-bond acceptors (Lipinski definition) is 8. The van der Waals surface area contributed by atoms with Crippen molar-refractivity contribution < 1.29 is 39.8 Å². The van der Waals surface area contributed by atoms with Crippen LogP contribution in [0.2, 0.25) is 0 Å². The smallest absolute Gasteiger partial charge is 0.220 e. The van der Waals surface area contributed by atoms with E-state index in [1.54, 1.807) is 6.08 Å². The second-order valence-corrected chi connectivity index (χ2v) is 13.3. The number of amides is 1. The van der Waals surface area contributed by atoms with Crippen molar-refractivity contribution in [2.24, 2.45) is 0 Å². The minimum Gasteiger partial charge on any atom is -0.394 e. The van der Waals surface area contributed by atoms with Crippen LogP contribution >= 0.6 is 0 Å². The van der Waals surface area contributed by atoms with Gasteiger partial charge in [0.25, 0.3) is 0 Å². The van der Waals surface area contributed by atoms with Gasteiger partial charge in [-0.15, -0.1) is 0 Å². The summed E-state index contributed by atoms with van der Waals surface area (Å²) in [5.74, 6) is -0.207. The van der Waals surface area contributed by atoms with Gasteiger partial charge in [0.1, 0.15) is 24.4 Å². The van der Waals surface area contributed by atoms with Crippen molar-refractivity contribution in [3.05, 3.63) is 48.6 Å². The average molecular weight is 694 g/mol. The number of aliphatic hydroxyl groups is 5. The fourth-order valence-electron chi connectivity index (χ4n) is 5.66. The van der Waals surface area contributed by atoms with E-state index in [1.807, 2.05) is 6.08 Å². The SMILES string of the molecule is CCC/C=C\CCCCCCCC(=O)NC(COC1OC(CO)C(O)C(O)C1O)C(O)/C=C/CC/C=C/CC/C=C/CCCCCCCC. The summed E-state index contributed by atoms with van der Waals surface area (Å²) in [6, 6.07) is -0.829. The van der Waals surface area contributed by atoms with Gasteiger partial charge in [0.15, 0.2) is 6.29 Å². The molecule has 7 unspecified atom stereocenters. The molecular weight excluding hydrogens is 622 g/mol. The van der Waals surface area contributed by atoms with Crippen LogP contribution in [-0.4, -0.2) is 87.5 Å². The molecule has 49 heavy (non-hydrogen) atoms. The van der Waals surface area contributed by atoms with E-state index in [-0.39, 0.29) is 12.5 Å². The highest BCUT2D eigenvalue weighted by Crippen LogP contribution is 2.22. The summed E-state index contributed by atoms with van der Waals surface area (Å²) in [7, 11) is 0. The first kappa shape index (κ1) is 45.2. The second-order valence-electron chi connectivity index (χ2n) is 13.3. The van der Waals surface area contributed by atoms with Gasteiger partial charge >= 0.3 is 0 Å². The molecular formula is C40H71NO8. The Hall–Kier alpha value is -1.85. The third-order valence-electron chi connectivity index (χ3n) is 8.83. The molecule has 1 amide bonds. The summed E-state index contributed by atoms with van der Waals surface area (Å²) >= 11 is 0. The first-order valence-electron chi connectivity index (χ1n) is 19.4. The number of carbonyl (C=O) groups excluding carboxylic acids is 1. The molecule has 1 aliphatic rings. The standard InChI is InChI=1S/C40H71NO8/c1-3-5-7-9-11-13-15-16-17-18-19-20-21-23-25-27-29-34(43)33(32-48-40-39(47)38(46)37(45)35(31-42)49-40)41-36(44)30-28-26-24-22-14-12-10-8-6-4-2/h8,10,16-17,20-21,27,29,33-35,37-40,42-43,45-47H,3-7,9,11-15,18-19,22-26,28,30-32H2,1-2H3,(H,41,44)/b10-8-,17-16+,21-20+,29-27+. The van der Waals surface area contributed by atoms with Gasteiger partial charge in [-0.25, -0.2) is 0 Å². The molecule has 1 aliphatic heterocycles. The van der Waals surface area contributed by atoms with E-state index in [0.29, 0.717) is 6.42 Å². The third kappa shape index (κ3) is 22.6. The molecule has 284 valence electrons. The number of allylic oxidation sites excluding steroid dienone is 7. The Bertz CT molecular complexity index is 905. The molecule has 1 saturated heterocycles. The number of unbranched alkanes of at least 4 members (excludes halogenated alkanes) is 14. The molecule has 6 N–H and O–H groups in total. The third-order valence-corrected chi connectivity index (χ3v) is 8.83. The predicted octanol–water partition coefficient (Wildman–Crippen LogP) is 6.72. The van der Waals surface area contributed by atoms with Gasteiger partial charge in [0.2, 0.25) is 5.91 Å². The number of carbonyl (C=O) groups is 1. The zero-order chi connectivity index (χ0) is 36.0. The lowest BCUT2D eigenvalue weighted by Crippen LogP contribution is -2.60. The van der Waals surface area contributed by atoms with Crippen molar-refractivity contribution in [3.63, 3.8) is 0 Å². The molecule has 9 heteroatoms. The molecule has 9 nitrogen and oxygen atoms in total.